The third kappa shape index (κ3) is 5.49. The highest BCUT2D eigenvalue weighted by atomic mass is 35.5. The Kier molecular flexibility index (Phi) is 8.67. The summed E-state index contributed by atoms with van der Waals surface area (Å²) >= 11 is 0. The minimum Gasteiger partial charge on any atom is -0.369 e. The van der Waals surface area contributed by atoms with E-state index in [1.807, 2.05) is 4.90 Å². The number of anilines is 1. The van der Waals surface area contributed by atoms with E-state index >= 15 is 0 Å². The Morgan fingerprint density at radius 1 is 1.04 bits per heavy atom. The molecule has 1 aromatic rings. The second-order valence-corrected chi connectivity index (χ2v) is 7.63. The van der Waals surface area contributed by atoms with Gasteiger partial charge in [-0.1, -0.05) is 18.2 Å². The number of amides is 1. The maximum absolute atomic E-state index is 12.5. The molecule has 3 rings (SSSR count). The number of carbonyl (C=O) groups excluding carboxylic acids is 1. The molecule has 2 saturated heterocycles. The van der Waals surface area contributed by atoms with Crippen LogP contribution in [0.15, 0.2) is 30.3 Å². The van der Waals surface area contributed by atoms with Crippen LogP contribution in [-0.2, 0) is 4.79 Å². The van der Waals surface area contributed by atoms with E-state index in [0.29, 0.717) is 6.04 Å². The van der Waals surface area contributed by atoms with Crippen LogP contribution in [0, 0.1) is 0 Å². The predicted molar refractivity (Wildman–Crippen MR) is 113 cm³/mol. The van der Waals surface area contributed by atoms with Gasteiger partial charge in [0, 0.05) is 51.0 Å². The number of nitrogens with two attached hydrogens (primary N) is 1. The van der Waals surface area contributed by atoms with Crippen LogP contribution < -0.4 is 10.6 Å². The van der Waals surface area contributed by atoms with Crippen molar-refractivity contribution in [2.24, 2.45) is 5.73 Å². The summed E-state index contributed by atoms with van der Waals surface area (Å²) in [5.41, 5.74) is 6.54. The number of para-hydroxylation sites is 1. The fourth-order valence-corrected chi connectivity index (χ4v) is 3.83. The van der Waals surface area contributed by atoms with Crippen molar-refractivity contribution < 1.29 is 4.79 Å². The van der Waals surface area contributed by atoms with Crippen molar-refractivity contribution in [3.63, 3.8) is 0 Å². The minimum atomic E-state index is -0.770. The summed E-state index contributed by atoms with van der Waals surface area (Å²) in [6.45, 7) is 9.51. The molecule has 5 nitrogen and oxygen atoms in total. The lowest BCUT2D eigenvalue weighted by molar-refractivity contribution is -0.138. The van der Waals surface area contributed by atoms with Crippen LogP contribution in [0.3, 0.4) is 0 Å². The molecule has 0 radical (unpaired) electrons. The molecule has 148 valence electrons. The van der Waals surface area contributed by atoms with E-state index in [1.165, 1.54) is 12.1 Å². The Morgan fingerprint density at radius 3 is 2.23 bits per heavy atom. The summed E-state index contributed by atoms with van der Waals surface area (Å²) in [6, 6.07) is 11.1. The fourth-order valence-electron chi connectivity index (χ4n) is 3.83. The molecule has 7 heteroatoms. The van der Waals surface area contributed by atoms with Gasteiger partial charge in [-0.2, -0.15) is 0 Å². The minimum absolute atomic E-state index is 0. The summed E-state index contributed by atoms with van der Waals surface area (Å²) in [5.74, 6) is 0.0788. The van der Waals surface area contributed by atoms with Crippen molar-refractivity contribution >= 4 is 36.4 Å². The summed E-state index contributed by atoms with van der Waals surface area (Å²) in [5, 5.41) is 0. The van der Waals surface area contributed by atoms with Crippen LogP contribution in [0.5, 0.6) is 0 Å². The van der Waals surface area contributed by atoms with Gasteiger partial charge in [0.15, 0.2) is 0 Å². The van der Waals surface area contributed by atoms with Crippen molar-refractivity contribution in [2.75, 3.05) is 44.2 Å². The lowest BCUT2D eigenvalue weighted by Crippen LogP contribution is -2.59. The SMILES string of the molecule is CC(C)(N)C(=O)N1CCCC(N2CCN(c3ccccc3)CC2)C1.Cl.Cl. The van der Waals surface area contributed by atoms with Crippen LogP contribution in [0.1, 0.15) is 26.7 Å². The van der Waals surface area contributed by atoms with Gasteiger partial charge in [0.05, 0.1) is 5.54 Å². The predicted octanol–water partition coefficient (Wildman–Crippen LogP) is 2.38. The summed E-state index contributed by atoms with van der Waals surface area (Å²) < 4.78 is 0. The molecule has 2 fully saturated rings. The third-order valence-corrected chi connectivity index (χ3v) is 5.19. The number of rotatable bonds is 3. The van der Waals surface area contributed by atoms with Crippen molar-refractivity contribution in [1.29, 1.82) is 0 Å². The number of piperazine rings is 1. The molecule has 26 heavy (non-hydrogen) atoms. The maximum atomic E-state index is 12.5. The Bertz CT molecular complexity index is 556. The number of halogens is 2. The molecule has 1 aromatic carbocycles. The van der Waals surface area contributed by atoms with Crippen LogP contribution in [0.2, 0.25) is 0 Å². The second-order valence-electron chi connectivity index (χ2n) is 7.63. The van der Waals surface area contributed by atoms with Gasteiger partial charge in [-0.25, -0.2) is 0 Å². The van der Waals surface area contributed by atoms with Crippen molar-refractivity contribution in [3.8, 4) is 0 Å². The van der Waals surface area contributed by atoms with Gasteiger partial charge >= 0.3 is 0 Å². The second kappa shape index (κ2) is 9.79. The zero-order chi connectivity index (χ0) is 17.2. The average molecular weight is 403 g/mol. The zero-order valence-corrected chi connectivity index (χ0v) is 17.4. The maximum Gasteiger partial charge on any atom is 0.242 e. The van der Waals surface area contributed by atoms with E-state index < -0.39 is 5.54 Å². The number of hydrogen-bond acceptors (Lipinski definition) is 4. The van der Waals surface area contributed by atoms with Gasteiger partial charge in [0.25, 0.3) is 0 Å². The zero-order valence-electron chi connectivity index (χ0n) is 15.8. The van der Waals surface area contributed by atoms with E-state index in [1.54, 1.807) is 13.8 Å². The molecule has 2 heterocycles. The third-order valence-electron chi connectivity index (χ3n) is 5.19. The Hall–Kier alpha value is -1.01. The first-order chi connectivity index (χ1) is 11.4. The van der Waals surface area contributed by atoms with Crippen LogP contribution in [-0.4, -0.2) is 66.6 Å². The largest absolute Gasteiger partial charge is 0.369 e. The first kappa shape index (κ1) is 23.0. The Labute approximate surface area is 169 Å². The van der Waals surface area contributed by atoms with Gasteiger partial charge < -0.3 is 15.5 Å². The molecule has 0 aliphatic carbocycles. The van der Waals surface area contributed by atoms with Gasteiger partial charge in [-0.15, -0.1) is 24.8 Å². The smallest absolute Gasteiger partial charge is 0.242 e. The molecule has 1 amide bonds. The summed E-state index contributed by atoms with van der Waals surface area (Å²) in [4.78, 5) is 19.4. The number of nitrogens with zero attached hydrogens (tertiary/aromatic N) is 3. The Morgan fingerprint density at radius 2 is 1.65 bits per heavy atom. The van der Waals surface area contributed by atoms with E-state index in [4.69, 9.17) is 5.73 Å². The standard InChI is InChI=1S/C19H30N4O.2ClH/c1-19(2,20)18(24)23-10-6-9-17(15-23)22-13-11-21(12-14-22)16-7-4-3-5-8-16;;/h3-5,7-8,17H,6,9-15,20H2,1-2H3;2*1H. The van der Waals surface area contributed by atoms with E-state index in [0.717, 1.165) is 45.7 Å². The number of benzene rings is 1. The number of likely N-dealkylation sites (tertiary alicyclic amines) is 1. The molecule has 2 N–H and O–H groups in total. The van der Waals surface area contributed by atoms with Gasteiger partial charge in [-0.05, 0) is 38.8 Å². The van der Waals surface area contributed by atoms with Gasteiger partial charge in [-0.3, -0.25) is 9.69 Å². The first-order valence-corrected chi connectivity index (χ1v) is 9.07. The molecular weight excluding hydrogens is 371 g/mol. The molecule has 1 unspecified atom stereocenters. The average Bonchev–Trinajstić information content (AvgIpc) is 2.61. The van der Waals surface area contributed by atoms with Gasteiger partial charge in [0.1, 0.15) is 0 Å². The molecular formula is C19H32Cl2N4O. The quantitative estimate of drug-likeness (QED) is 0.842. The van der Waals surface area contributed by atoms with Gasteiger partial charge in [0.2, 0.25) is 5.91 Å². The van der Waals surface area contributed by atoms with Crippen LogP contribution >= 0.6 is 24.8 Å². The Balaban J connectivity index is 0.00000169. The number of carbonyl (C=O) groups is 1. The van der Waals surface area contributed by atoms with Crippen molar-refractivity contribution in [1.82, 2.24) is 9.80 Å². The lowest BCUT2D eigenvalue weighted by atomic mass is 9.99. The summed E-state index contributed by atoms with van der Waals surface area (Å²) in [6.07, 6.45) is 2.26. The summed E-state index contributed by atoms with van der Waals surface area (Å²) in [7, 11) is 0. The highest BCUT2D eigenvalue weighted by Crippen LogP contribution is 2.22. The van der Waals surface area contributed by atoms with Crippen molar-refractivity contribution in [3.05, 3.63) is 30.3 Å². The van der Waals surface area contributed by atoms with Crippen LogP contribution in [0.4, 0.5) is 5.69 Å². The normalized spacial score (nSPS) is 21.6. The van der Waals surface area contributed by atoms with E-state index in [-0.39, 0.29) is 30.7 Å². The molecule has 1 atom stereocenters. The number of piperidine rings is 1. The highest BCUT2D eigenvalue weighted by molar-refractivity contribution is 5.86. The number of hydrogen-bond donors (Lipinski definition) is 1. The van der Waals surface area contributed by atoms with Crippen molar-refractivity contribution in [2.45, 2.75) is 38.3 Å². The lowest BCUT2D eigenvalue weighted by Gasteiger charge is -2.44. The topological polar surface area (TPSA) is 52.8 Å². The highest BCUT2D eigenvalue weighted by Gasteiger charge is 2.34. The molecule has 0 saturated carbocycles. The molecule has 0 bridgehead atoms. The fraction of sp³-hybridized carbons (Fsp3) is 0.632. The molecule has 0 aromatic heterocycles. The molecule has 0 spiro atoms. The first-order valence-electron chi connectivity index (χ1n) is 9.07. The molecule has 2 aliphatic rings. The monoisotopic (exact) mass is 402 g/mol. The van der Waals surface area contributed by atoms with E-state index in [9.17, 15) is 4.79 Å². The van der Waals surface area contributed by atoms with Crippen LogP contribution in [0.25, 0.3) is 0 Å². The van der Waals surface area contributed by atoms with E-state index in [2.05, 4.69) is 40.1 Å². The molecule has 2 aliphatic heterocycles.